The van der Waals surface area contributed by atoms with Crippen LogP contribution in [-0.2, 0) is 17.6 Å². The molecule has 0 fully saturated rings. The van der Waals surface area contributed by atoms with E-state index in [1.165, 1.54) is 0 Å². The van der Waals surface area contributed by atoms with Crippen molar-refractivity contribution in [2.24, 2.45) is 5.73 Å². The fourth-order valence-corrected chi connectivity index (χ4v) is 1.98. The first kappa shape index (κ1) is 15.1. The molecule has 2 aromatic rings. The number of hydrogen-bond donors (Lipinski definition) is 2. The molecule has 1 aromatic carbocycles. The number of nitrogens with one attached hydrogen (secondary N) is 1. The quantitative estimate of drug-likeness (QED) is 0.761. The van der Waals surface area contributed by atoms with Crippen molar-refractivity contribution < 1.29 is 4.79 Å². The SMILES string of the molecule is NCCCCc1ccc(NC(=O)Cc2ccccc2)nn1. The van der Waals surface area contributed by atoms with Crippen molar-refractivity contribution in [3.05, 3.63) is 53.7 Å². The van der Waals surface area contributed by atoms with E-state index in [9.17, 15) is 4.79 Å². The largest absolute Gasteiger partial charge is 0.330 e. The smallest absolute Gasteiger partial charge is 0.229 e. The third-order valence-electron chi connectivity index (χ3n) is 3.08. The minimum atomic E-state index is -0.0913. The molecule has 0 aliphatic rings. The minimum Gasteiger partial charge on any atom is -0.330 e. The molecule has 3 N–H and O–H groups in total. The Kier molecular flexibility index (Phi) is 5.84. The molecule has 2 rings (SSSR count). The van der Waals surface area contributed by atoms with Gasteiger partial charge in [-0.1, -0.05) is 30.3 Å². The van der Waals surface area contributed by atoms with E-state index in [1.54, 1.807) is 6.07 Å². The lowest BCUT2D eigenvalue weighted by Gasteiger charge is -2.05. The summed E-state index contributed by atoms with van der Waals surface area (Å²) in [5.41, 5.74) is 7.35. The monoisotopic (exact) mass is 284 g/mol. The lowest BCUT2D eigenvalue weighted by molar-refractivity contribution is -0.115. The second kappa shape index (κ2) is 8.11. The van der Waals surface area contributed by atoms with Crippen molar-refractivity contribution in [1.82, 2.24) is 10.2 Å². The Morgan fingerprint density at radius 2 is 1.86 bits per heavy atom. The van der Waals surface area contributed by atoms with Gasteiger partial charge in [0.2, 0.25) is 5.91 Å². The maximum atomic E-state index is 11.9. The van der Waals surface area contributed by atoms with Crippen molar-refractivity contribution in [2.75, 3.05) is 11.9 Å². The normalized spacial score (nSPS) is 10.3. The highest BCUT2D eigenvalue weighted by Gasteiger charge is 2.05. The zero-order valence-electron chi connectivity index (χ0n) is 12.0. The molecule has 5 nitrogen and oxygen atoms in total. The number of hydrogen-bond acceptors (Lipinski definition) is 4. The number of amides is 1. The summed E-state index contributed by atoms with van der Waals surface area (Å²) >= 11 is 0. The zero-order valence-corrected chi connectivity index (χ0v) is 12.0. The summed E-state index contributed by atoms with van der Waals surface area (Å²) in [5, 5.41) is 10.9. The van der Waals surface area contributed by atoms with Gasteiger partial charge in [0.15, 0.2) is 5.82 Å². The van der Waals surface area contributed by atoms with Gasteiger partial charge in [0.05, 0.1) is 12.1 Å². The van der Waals surface area contributed by atoms with Gasteiger partial charge in [-0.05, 0) is 43.5 Å². The van der Waals surface area contributed by atoms with E-state index < -0.39 is 0 Å². The molecule has 5 heteroatoms. The molecular weight excluding hydrogens is 264 g/mol. The van der Waals surface area contributed by atoms with E-state index in [1.807, 2.05) is 36.4 Å². The fourth-order valence-electron chi connectivity index (χ4n) is 1.98. The molecule has 1 aromatic heterocycles. The molecule has 0 spiro atoms. The van der Waals surface area contributed by atoms with Crippen molar-refractivity contribution in [3.63, 3.8) is 0 Å². The zero-order chi connectivity index (χ0) is 14.9. The van der Waals surface area contributed by atoms with E-state index in [-0.39, 0.29) is 5.91 Å². The summed E-state index contributed by atoms with van der Waals surface area (Å²) in [5.74, 6) is 0.393. The number of unbranched alkanes of at least 4 members (excludes halogenated alkanes) is 1. The Morgan fingerprint density at radius 3 is 2.52 bits per heavy atom. The molecule has 0 atom stereocenters. The summed E-state index contributed by atoms with van der Waals surface area (Å²) < 4.78 is 0. The van der Waals surface area contributed by atoms with Crippen molar-refractivity contribution in [2.45, 2.75) is 25.7 Å². The molecule has 0 saturated carbocycles. The Bertz CT molecular complexity index is 554. The van der Waals surface area contributed by atoms with Crippen LogP contribution in [-0.4, -0.2) is 22.6 Å². The molecule has 0 unspecified atom stereocenters. The maximum Gasteiger partial charge on any atom is 0.229 e. The maximum absolute atomic E-state index is 11.9. The van der Waals surface area contributed by atoms with E-state index in [2.05, 4.69) is 15.5 Å². The number of benzene rings is 1. The molecule has 0 saturated heterocycles. The number of nitrogens with zero attached hydrogens (tertiary/aromatic N) is 2. The average molecular weight is 284 g/mol. The van der Waals surface area contributed by atoms with Crippen LogP contribution in [0, 0.1) is 0 Å². The Hall–Kier alpha value is -2.27. The first-order chi connectivity index (χ1) is 10.3. The Balaban J connectivity index is 1.83. The molecule has 21 heavy (non-hydrogen) atoms. The van der Waals surface area contributed by atoms with Crippen LogP contribution in [0.2, 0.25) is 0 Å². The third-order valence-corrected chi connectivity index (χ3v) is 3.08. The summed E-state index contributed by atoms with van der Waals surface area (Å²) in [4.78, 5) is 11.9. The van der Waals surface area contributed by atoms with Crippen LogP contribution in [0.4, 0.5) is 5.82 Å². The van der Waals surface area contributed by atoms with E-state index in [4.69, 9.17) is 5.73 Å². The first-order valence-electron chi connectivity index (χ1n) is 7.14. The topological polar surface area (TPSA) is 80.9 Å². The van der Waals surface area contributed by atoms with Gasteiger partial charge in [0.1, 0.15) is 0 Å². The fraction of sp³-hybridized carbons (Fsp3) is 0.312. The molecular formula is C16H20N4O. The van der Waals surface area contributed by atoms with Gasteiger partial charge in [-0.2, -0.15) is 5.10 Å². The van der Waals surface area contributed by atoms with Gasteiger partial charge in [-0.3, -0.25) is 4.79 Å². The van der Waals surface area contributed by atoms with Gasteiger partial charge in [-0.25, -0.2) is 0 Å². The number of aromatic nitrogens is 2. The highest BCUT2D eigenvalue weighted by Crippen LogP contribution is 2.06. The van der Waals surface area contributed by atoms with Crippen LogP contribution in [0.25, 0.3) is 0 Å². The lowest BCUT2D eigenvalue weighted by Crippen LogP contribution is -2.15. The highest BCUT2D eigenvalue weighted by molar-refractivity contribution is 5.91. The van der Waals surface area contributed by atoms with Crippen LogP contribution in [0.15, 0.2) is 42.5 Å². The second-order valence-corrected chi connectivity index (χ2v) is 4.87. The van der Waals surface area contributed by atoms with Crippen LogP contribution < -0.4 is 11.1 Å². The number of anilines is 1. The molecule has 0 radical (unpaired) electrons. The highest BCUT2D eigenvalue weighted by atomic mass is 16.1. The predicted molar refractivity (Wildman–Crippen MR) is 82.8 cm³/mol. The molecule has 1 amide bonds. The number of carbonyl (C=O) groups excluding carboxylic acids is 1. The van der Waals surface area contributed by atoms with Crippen LogP contribution in [0.1, 0.15) is 24.1 Å². The van der Waals surface area contributed by atoms with Crippen molar-refractivity contribution in [1.29, 1.82) is 0 Å². The lowest BCUT2D eigenvalue weighted by atomic mass is 10.1. The first-order valence-corrected chi connectivity index (χ1v) is 7.14. The second-order valence-electron chi connectivity index (χ2n) is 4.87. The molecule has 0 aliphatic heterocycles. The number of rotatable bonds is 7. The van der Waals surface area contributed by atoms with E-state index in [0.717, 1.165) is 30.5 Å². The Morgan fingerprint density at radius 1 is 1.05 bits per heavy atom. The number of aryl methyl sites for hydroxylation is 1. The number of nitrogens with two attached hydrogens (primary N) is 1. The van der Waals surface area contributed by atoms with Gasteiger partial charge in [-0.15, -0.1) is 5.10 Å². The number of carbonyl (C=O) groups is 1. The summed E-state index contributed by atoms with van der Waals surface area (Å²) in [7, 11) is 0. The predicted octanol–water partition coefficient (Wildman–Crippen LogP) is 1.94. The molecule has 1 heterocycles. The van der Waals surface area contributed by atoms with Gasteiger partial charge >= 0.3 is 0 Å². The molecule has 0 aliphatic carbocycles. The van der Waals surface area contributed by atoms with Crippen LogP contribution in [0.3, 0.4) is 0 Å². The van der Waals surface area contributed by atoms with Gasteiger partial charge in [0.25, 0.3) is 0 Å². The van der Waals surface area contributed by atoms with Crippen molar-refractivity contribution >= 4 is 11.7 Å². The molecule has 110 valence electrons. The van der Waals surface area contributed by atoms with Gasteiger partial charge < -0.3 is 11.1 Å². The summed E-state index contributed by atoms with van der Waals surface area (Å²) in [6.45, 7) is 0.695. The summed E-state index contributed by atoms with van der Waals surface area (Å²) in [6, 6.07) is 13.3. The van der Waals surface area contributed by atoms with E-state index >= 15 is 0 Å². The summed E-state index contributed by atoms with van der Waals surface area (Å²) in [6.07, 6.45) is 3.19. The third kappa shape index (κ3) is 5.31. The van der Waals surface area contributed by atoms with Crippen LogP contribution in [0.5, 0.6) is 0 Å². The van der Waals surface area contributed by atoms with Crippen molar-refractivity contribution in [3.8, 4) is 0 Å². The Labute approximate surface area is 124 Å². The minimum absolute atomic E-state index is 0.0913. The molecule has 0 bridgehead atoms. The average Bonchev–Trinajstić information content (AvgIpc) is 2.50. The van der Waals surface area contributed by atoms with E-state index in [0.29, 0.717) is 18.8 Å². The van der Waals surface area contributed by atoms with Crippen LogP contribution >= 0.6 is 0 Å². The standard InChI is InChI=1S/C16H20N4O/c17-11-5-4-8-14-9-10-15(20-19-14)18-16(21)12-13-6-2-1-3-7-13/h1-3,6-7,9-10H,4-5,8,11-12,17H2,(H,18,20,21). The van der Waals surface area contributed by atoms with Gasteiger partial charge in [0, 0.05) is 0 Å².